The fraction of sp³-hybridized carbons (Fsp3) is 0.394. The van der Waals surface area contributed by atoms with Crippen LogP contribution >= 0.6 is 23.2 Å². The number of carbonyl (C=O) groups excluding carboxylic acids is 2. The molecule has 0 saturated heterocycles. The Morgan fingerprint density at radius 1 is 0.957 bits per heavy atom. The number of hydrogen-bond donors (Lipinski definition) is 1. The zero-order valence-corrected chi connectivity index (χ0v) is 27.7. The van der Waals surface area contributed by atoms with E-state index in [0.29, 0.717) is 28.0 Å². The van der Waals surface area contributed by atoms with E-state index < -0.39 is 34.3 Å². The number of amides is 2. The molecule has 5 rings (SSSR count). The molecular weight excluding hydrogens is 656 g/mol. The molecule has 13 heteroatoms. The molecule has 3 aromatic carbocycles. The largest absolute Gasteiger partial charge is 0.486 e. The average molecular weight is 693 g/mol. The first kappa shape index (κ1) is 33.8. The normalized spacial score (nSPS) is 15.6. The van der Waals surface area contributed by atoms with Gasteiger partial charge in [-0.15, -0.1) is 0 Å². The molecule has 1 heterocycles. The molecule has 1 atom stereocenters. The van der Waals surface area contributed by atoms with Gasteiger partial charge in [-0.25, -0.2) is 12.8 Å². The minimum Gasteiger partial charge on any atom is -0.486 e. The lowest BCUT2D eigenvalue weighted by Crippen LogP contribution is -2.54. The van der Waals surface area contributed by atoms with Crippen molar-refractivity contribution in [3.05, 3.63) is 82.1 Å². The standard InChI is InChI=1S/C33H36Cl2FN3O6S/c1-2-29(33(41)37-23-7-4-3-5-8-23)38(20-26-27(34)9-6-10-28(26)35)32(40)21-39(24-13-11-22(36)12-14-24)46(42,43)25-15-16-30-31(19-25)45-18-17-44-30/h6,9-16,19,23,29H,2-5,7-8,17-18,20-21H2,1H3,(H,37,41)/t29-/m1/s1. The Bertz CT molecular complexity index is 1650. The smallest absolute Gasteiger partial charge is 0.264 e. The van der Waals surface area contributed by atoms with Crippen molar-refractivity contribution in [2.75, 3.05) is 24.1 Å². The van der Waals surface area contributed by atoms with Crippen molar-refractivity contribution in [3.8, 4) is 11.5 Å². The maximum atomic E-state index is 14.4. The van der Waals surface area contributed by atoms with Gasteiger partial charge in [0.2, 0.25) is 11.8 Å². The van der Waals surface area contributed by atoms with Crippen LogP contribution in [0.15, 0.2) is 65.6 Å². The van der Waals surface area contributed by atoms with Crippen LogP contribution in [0.4, 0.5) is 10.1 Å². The topological polar surface area (TPSA) is 105 Å². The van der Waals surface area contributed by atoms with Crippen molar-refractivity contribution >= 4 is 50.7 Å². The molecule has 0 radical (unpaired) electrons. The second-order valence-corrected chi connectivity index (χ2v) is 14.0. The van der Waals surface area contributed by atoms with Crippen molar-refractivity contribution in [2.24, 2.45) is 0 Å². The number of halogens is 3. The molecule has 0 unspecified atom stereocenters. The summed E-state index contributed by atoms with van der Waals surface area (Å²) in [6.45, 7) is 1.52. The zero-order chi connectivity index (χ0) is 32.8. The molecular formula is C33H36Cl2FN3O6S. The summed E-state index contributed by atoms with van der Waals surface area (Å²) < 4.78 is 54.4. The summed E-state index contributed by atoms with van der Waals surface area (Å²) in [5.74, 6) is -0.946. The van der Waals surface area contributed by atoms with Crippen LogP contribution < -0.4 is 19.1 Å². The second kappa shape index (κ2) is 14.9. The molecule has 1 N–H and O–H groups in total. The number of fused-ring (bicyclic) bond motifs is 1. The average Bonchev–Trinajstić information content (AvgIpc) is 3.05. The molecule has 2 aliphatic rings. The Balaban J connectivity index is 1.52. The summed E-state index contributed by atoms with van der Waals surface area (Å²) in [5.41, 5.74) is 0.478. The highest BCUT2D eigenvalue weighted by Gasteiger charge is 2.35. The quantitative estimate of drug-likeness (QED) is 0.251. The molecule has 1 saturated carbocycles. The van der Waals surface area contributed by atoms with Gasteiger partial charge in [0.25, 0.3) is 10.0 Å². The van der Waals surface area contributed by atoms with E-state index in [1.54, 1.807) is 25.1 Å². The van der Waals surface area contributed by atoms with Gasteiger partial charge in [0.05, 0.1) is 10.6 Å². The van der Waals surface area contributed by atoms with Crippen LogP contribution in [0.2, 0.25) is 10.0 Å². The lowest BCUT2D eigenvalue weighted by Gasteiger charge is -2.35. The molecule has 2 amide bonds. The molecule has 1 aliphatic heterocycles. The summed E-state index contributed by atoms with van der Waals surface area (Å²) >= 11 is 13.0. The molecule has 9 nitrogen and oxygen atoms in total. The number of nitrogens with zero attached hydrogens (tertiary/aromatic N) is 2. The number of carbonyl (C=O) groups is 2. The maximum Gasteiger partial charge on any atom is 0.264 e. The van der Waals surface area contributed by atoms with Gasteiger partial charge in [-0.1, -0.05) is 55.5 Å². The van der Waals surface area contributed by atoms with E-state index in [-0.39, 0.29) is 47.9 Å². The molecule has 246 valence electrons. The van der Waals surface area contributed by atoms with E-state index in [2.05, 4.69) is 5.32 Å². The van der Waals surface area contributed by atoms with E-state index in [9.17, 15) is 22.4 Å². The van der Waals surface area contributed by atoms with E-state index >= 15 is 0 Å². The van der Waals surface area contributed by atoms with Crippen LogP contribution in [0.25, 0.3) is 0 Å². The molecule has 0 spiro atoms. The Hall–Kier alpha value is -3.54. The number of anilines is 1. The fourth-order valence-electron chi connectivity index (χ4n) is 5.76. The summed E-state index contributed by atoms with van der Waals surface area (Å²) in [5, 5.41) is 3.70. The van der Waals surface area contributed by atoms with Crippen molar-refractivity contribution in [3.63, 3.8) is 0 Å². The number of nitrogens with one attached hydrogen (secondary N) is 1. The van der Waals surface area contributed by atoms with Crippen LogP contribution in [0, 0.1) is 5.82 Å². The van der Waals surface area contributed by atoms with Crippen molar-refractivity contribution < 1.29 is 31.9 Å². The molecule has 1 aliphatic carbocycles. The lowest BCUT2D eigenvalue weighted by molar-refractivity contribution is -0.140. The molecule has 46 heavy (non-hydrogen) atoms. The van der Waals surface area contributed by atoms with Gasteiger partial charge in [0.15, 0.2) is 11.5 Å². The monoisotopic (exact) mass is 691 g/mol. The van der Waals surface area contributed by atoms with Gasteiger partial charge in [-0.3, -0.25) is 13.9 Å². The first-order valence-corrected chi connectivity index (χ1v) is 17.5. The molecule has 1 fully saturated rings. The van der Waals surface area contributed by atoms with Gasteiger partial charge >= 0.3 is 0 Å². The van der Waals surface area contributed by atoms with Gasteiger partial charge in [0.1, 0.15) is 31.6 Å². The third-order valence-corrected chi connectivity index (χ3v) is 10.7. The van der Waals surface area contributed by atoms with Crippen LogP contribution in [-0.2, 0) is 26.2 Å². The Kier molecular flexibility index (Phi) is 11.0. The summed E-state index contributed by atoms with van der Waals surface area (Å²) in [6.07, 6.45) is 5.05. The van der Waals surface area contributed by atoms with E-state index in [4.69, 9.17) is 32.7 Å². The van der Waals surface area contributed by atoms with Crippen LogP contribution in [0.5, 0.6) is 11.5 Å². The summed E-state index contributed by atoms with van der Waals surface area (Å²) in [4.78, 5) is 29.3. The van der Waals surface area contributed by atoms with Crippen molar-refractivity contribution in [2.45, 2.75) is 69.0 Å². The van der Waals surface area contributed by atoms with E-state index in [1.165, 1.54) is 35.2 Å². The van der Waals surface area contributed by atoms with Crippen molar-refractivity contribution in [1.82, 2.24) is 10.2 Å². The third kappa shape index (κ3) is 7.70. The number of rotatable bonds is 11. The predicted octanol–water partition coefficient (Wildman–Crippen LogP) is 6.36. The van der Waals surface area contributed by atoms with Crippen LogP contribution in [-0.4, -0.2) is 57.0 Å². The molecule has 3 aromatic rings. The number of benzene rings is 3. The highest BCUT2D eigenvalue weighted by Crippen LogP contribution is 2.35. The number of hydrogen-bond acceptors (Lipinski definition) is 6. The number of ether oxygens (including phenoxy) is 2. The SMILES string of the molecule is CC[C@H](C(=O)NC1CCCCC1)N(Cc1c(Cl)cccc1Cl)C(=O)CN(c1ccc(F)cc1)S(=O)(=O)c1ccc2c(c1)OCCO2. The first-order valence-electron chi connectivity index (χ1n) is 15.3. The van der Waals surface area contributed by atoms with Gasteiger partial charge < -0.3 is 19.7 Å². The van der Waals surface area contributed by atoms with Gasteiger partial charge in [-0.05, 0) is 67.8 Å². The van der Waals surface area contributed by atoms with Crippen molar-refractivity contribution in [1.29, 1.82) is 0 Å². The minimum absolute atomic E-state index is 0.0116. The Morgan fingerprint density at radius 2 is 1.61 bits per heavy atom. The maximum absolute atomic E-state index is 14.4. The van der Waals surface area contributed by atoms with Crippen LogP contribution in [0.1, 0.15) is 51.0 Å². The summed E-state index contributed by atoms with van der Waals surface area (Å²) in [6, 6.07) is 12.9. The Labute approximate surface area is 278 Å². The third-order valence-electron chi connectivity index (χ3n) is 8.22. The van der Waals surface area contributed by atoms with E-state index in [0.717, 1.165) is 48.5 Å². The lowest BCUT2D eigenvalue weighted by atomic mass is 9.95. The summed E-state index contributed by atoms with van der Waals surface area (Å²) in [7, 11) is -4.42. The molecule has 0 aromatic heterocycles. The number of sulfonamides is 1. The Morgan fingerprint density at radius 3 is 2.26 bits per heavy atom. The second-order valence-electron chi connectivity index (χ2n) is 11.3. The highest BCUT2D eigenvalue weighted by molar-refractivity contribution is 7.92. The predicted molar refractivity (Wildman–Crippen MR) is 174 cm³/mol. The zero-order valence-electron chi connectivity index (χ0n) is 25.4. The first-order chi connectivity index (χ1) is 22.1. The molecule has 0 bridgehead atoms. The van der Waals surface area contributed by atoms with Gasteiger partial charge in [0, 0.05) is 34.3 Å². The minimum atomic E-state index is -4.42. The fourth-order valence-corrected chi connectivity index (χ4v) is 7.71. The van der Waals surface area contributed by atoms with Crippen LogP contribution in [0.3, 0.4) is 0 Å². The highest BCUT2D eigenvalue weighted by atomic mass is 35.5. The van der Waals surface area contributed by atoms with E-state index in [1.807, 2.05) is 0 Å². The van der Waals surface area contributed by atoms with Gasteiger partial charge in [-0.2, -0.15) is 0 Å².